The molecule has 7 nitrogen and oxygen atoms in total. The first-order valence-corrected chi connectivity index (χ1v) is 9.37. The molecule has 2 N–H and O–H groups in total. The number of guanidine groups is 1. The van der Waals surface area contributed by atoms with Crippen molar-refractivity contribution in [3.8, 4) is 5.75 Å². The summed E-state index contributed by atoms with van der Waals surface area (Å²) in [4.78, 5) is 20.4. The van der Waals surface area contributed by atoms with Crippen LogP contribution in [-0.2, 0) is 9.53 Å². The number of nitrogens with zero attached hydrogens (tertiary/aromatic N) is 3. The summed E-state index contributed by atoms with van der Waals surface area (Å²) in [5.74, 6) is 1.04. The van der Waals surface area contributed by atoms with Crippen molar-refractivity contribution in [1.29, 1.82) is 0 Å². The molecule has 0 bridgehead atoms. The van der Waals surface area contributed by atoms with Crippen LogP contribution in [0.25, 0.3) is 0 Å². The molecule has 1 aliphatic heterocycles. The Morgan fingerprint density at radius 3 is 2.62 bits per heavy atom. The van der Waals surface area contributed by atoms with Gasteiger partial charge in [0, 0.05) is 45.7 Å². The van der Waals surface area contributed by atoms with Gasteiger partial charge in [0.2, 0.25) is 0 Å². The SMILES string of the molecule is CCNC(=NCCCC(=O)OCC)N1CCN(c2ccccc2O)CC1. The number of phenolic OH excluding ortho intramolecular Hbond substituents is 1. The number of para-hydroxylation sites is 2. The summed E-state index contributed by atoms with van der Waals surface area (Å²) >= 11 is 0. The largest absolute Gasteiger partial charge is 0.506 e. The number of phenols is 1. The third kappa shape index (κ3) is 5.82. The topological polar surface area (TPSA) is 77.4 Å². The summed E-state index contributed by atoms with van der Waals surface area (Å²) in [5, 5.41) is 13.3. The molecule has 1 aromatic rings. The number of benzene rings is 1. The van der Waals surface area contributed by atoms with Crippen LogP contribution < -0.4 is 10.2 Å². The molecule has 0 aromatic heterocycles. The Kier molecular flexibility index (Phi) is 8.05. The van der Waals surface area contributed by atoms with Crippen LogP contribution in [0, 0.1) is 0 Å². The van der Waals surface area contributed by atoms with Crippen LogP contribution in [0.3, 0.4) is 0 Å². The molecule has 0 aliphatic carbocycles. The minimum atomic E-state index is -0.163. The van der Waals surface area contributed by atoms with Gasteiger partial charge in [-0.15, -0.1) is 0 Å². The van der Waals surface area contributed by atoms with Crippen LogP contribution in [0.5, 0.6) is 5.75 Å². The lowest BCUT2D eigenvalue weighted by Gasteiger charge is -2.37. The van der Waals surface area contributed by atoms with E-state index in [4.69, 9.17) is 4.74 Å². The Morgan fingerprint density at radius 2 is 1.96 bits per heavy atom. The molecule has 7 heteroatoms. The zero-order valence-corrected chi connectivity index (χ0v) is 15.8. The van der Waals surface area contributed by atoms with E-state index in [-0.39, 0.29) is 5.97 Å². The van der Waals surface area contributed by atoms with Gasteiger partial charge in [0.1, 0.15) is 5.75 Å². The van der Waals surface area contributed by atoms with E-state index in [1.54, 1.807) is 6.07 Å². The Labute approximate surface area is 155 Å². The van der Waals surface area contributed by atoms with E-state index in [0.717, 1.165) is 44.4 Å². The van der Waals surface area contributed by atoms with E-state index in [1.807, 2.05) is 32.0 Å². The summed E-state index contributed by atoms with van der Waals surface area (Å²) in [7, 11) is 0. The van der Waals surface area contributed by atoms with E-state index >= 15 is 0 Å². The molecule has 0 radical (unpaired) electrons. The second-order valence-corrected chi connectivity index (χ2v) is 6.11. The molecular formula is C19H30N4O3. The number of anilines is 1. The van der Waals surface area contributed by atoms with Gasteiger partial charge in [0.25, 0.3) is 0 Å². The fourth-order valence-corrected chi connectivity index (χ4v) is 2.96. The van der Waals surface area contributed by atoms with Crippen molar-refractivity contribution in [2.24, 2.45) is 4.99 Å². The van der Waals surface area contributed by atoms with Crippen molar-refractivity contribution in [3.05, 3.63) is 24.3 Å². The average molecular weight is 362 g/mol. The number of aliphatic imine (C=N–C) groups is 1. The van der Waals surface area contributed by atoms with Crippen molar-refractivity contribution in [2.45, 2.75) is 26.7 Å². The summed E-state index contributed by atoms with van der Waals surface area (Å²) in [5.41, 5.74) is 0.878. The molecule has 144 valence electrons. The van der Waals surface area contributed by atoms with Crippen molar-refractivity contribution in [2.75, 3.05) is 50.8 Å². The monoisotopic (exact) mass is 362 g/mol. The molecule has 0 atom stereocenters. The predicted octanol–water partition coefficient (Wildman–Crippen LogP) is 1.82. The second kappa shape index (κ2) is 10.5. The van der Waals surface area contributed by atoms with Crippen LogP contribution in [-0.4, -0.2) is 67.8 Å². The van der Waals surface area contributed by atoms with Crippen LogP contribution in [0.4, 0.5) is 5.69 Å². The minimum Gasteiger partial charge on any atom is -0.506 e. The highest BCUT2D eigenvalue weighted by Crippen LogP contribution is 2.27. The lowest BCUT2D eigenvalue weighted by atomic mass is 10.2. The predicted molar refractivity (Wildman–Crippen MR) is 104 cm³/mol. The van der Waals surface area contributed by atoms with Crippen LogP contribution in [0.1, 0.15) is 26.7 Å². The van der Waals surface area contributed by atoms with E-state index < -0.39 is 0 Å². The number of hydrogen-bond acceptors (Lipinski definition) is 5. The van der Waals surface area contributed by atoms with E-state index in [9.17, 15) is 9.90 Å². The summed E-state index contributed by atoms with van der Waals surface area (Å²) in [6.45, 7) is 9.00. The first-order valence-electron chi connectivity index (χ1n) is 9.37. The Hall–Kier alpha value is -2.44. The van der Waals surface area contributed by atoms with E-state index in [2.05, 4.69) is 20.1 Å². The zero-order chi connectivity index (χ0) is 18.8. The molecular weight excluding hydrogens is 332 g/mol. The number of ether oxygens (including phenoxy) is 1. The smallest absolute Gasteiger partial charge is 0.305 e. The molecule has 0 amide bonds. The molecule has 26 heavy (non-hydrogen) atoms. The van der Waals surface area contributed by atoms with Crippen molar-refractivity contribution >= 4 is 17.6 Å². The van der Waals surface area contributed by atoms with Crippen LogP contribution in [0.15, 0.2) is 29.3 Å². The molecule has 0 unspecified atom stereocenters. The maximum Gasteiger partial charge on any atom is 0.305 e. The summed E-state index contributed by atoms with van der Waals surface area (Å²) in [6.07, 6.45) is 1.09. The van der Waals surface area contributed by atoms with Gasteiger partial charge in [0.05, 0.1) is 12.3 Å². The fraction of sp³-hybridized carbons (Fsp3) is 0.579. The number of rotatable bonds is 7. The molecule has 2 rings (SSSR count). The van der Waals surface area contributed by atoms with Gasteiger partial charge in [0.15, 0.2) is 5.96 Å². The molecule has 1 saturated heterocycles. The lowest BCUT2D eigenvalue weighted by molar-refractivity contribution is -0.143. The Balaban J connectivity index is 1.86. The highest BCUT2D eigenvalue weighted by Gasteiger charge is 2.21. The molecule has 0 spiro atoms. The number of carbonyl (C=O) groups excluding carboxylic acids is 1. The molecule has 1 fully saturated rings. The van der Waals surface area contributed by atoms with Crippen molar-refractivity contribution in [1.82, 2.24) is 10.2 Å². The maximum atomic E-state index is 11.4. The van der Waals surface area contributed by atoms with Gasteiger partial charge in [-0.2, -0.15) is 0 Å². The lowest BCUT2D eigenvalue weighted by Crippen LogP contribution is -2.52. The number of aromatic hydroxyl groups is 1. The zero-order valence-electron chi connectivity index (χ0n) is 15.8. The number of hydrogen-bond donors (Lipinski definition) is 2. The molecule has 1 aliphatic rings. The van der Waals surface area contributed by atoms with Crippen LogP contribution >= 0.6 is 0 Å². The molecule has 0 saturated carbocycles. The molecule has 1 heterocycles. The first kappa shape index (κ1) is 19.9. The van der Waals surface area contributed by atoms with E-state index in [1.165, 1.54) is 0 Å². The fourth-order valence-electron chi connectivity index (χ4n) is 2.96. The van der Waals surface area contributed by atoms with Crippen molar-refractivity contribution < 1.29 is 14.6 Å². The number of carbonyl (C=O) groups is 1. The summed E-state index contributed by atoms with van der Waals surface area (Å²) < 4.78 is 4.94. The van der Waals surface area contributed by atoms with Gasteiger partial charge in [-0.1, -0.05) is 12.1 Å². The Bertz CT molecular complexity index is 598. The normalized spacial score (nSPS) is 15.1. The minimum absolute atomic E-state index is 0.163. The molecule has 1 aromatic carbocycles. The maximum absolute atomic E-state index is 11.4. The Morgan fingerprint density at radius 1 is 1.23 bits per heavy atom. The number of esters is 1. The first-order chi connectivity index (χ1) is 12.7. The van der Waals surface area contributed by atoms with Gasteiger partial charge in [-0.05, 0) is 32.4 Å². The van der Waals surface area contributed by atoms with E-state index in [0.29, 0.717) is 31.7 Å². The summed E-state index contributed by atoms with van der Waals surface area (Å²) in [6, 6.07) is 7.44. The standard InChI is InChI=1S/C19H30N4O3/c1-3-20-19(21-11-7-10-18(25)26-4-2)23-14-12-22(13-15-23)16-8-5-6-9-17(16)24/h5-6,8-9,24H,3-4,7,10-15H2,1-2H3,(H,20,21). The number of piperazine rings is 1. The van der Waals surface area contributed by atoms with Gasteiger partial charge >= 0.3 is 5.97 Å². The second-order valence-electron chi connectivity index (χ2n) is 6.11. The van der Waals surface area contributed by atoms with Crippen molar-refractivity contribution in [3.63, 3.8) is 0 Å². The highest BCUT2D eigenvalue weighted by molar-refractivity contribution is 5.80. The van der Waals surface area contributed by atoms with Gasteiger partial charge < -0.3 is 25.0 Å². The van der Waals surface area contributed by atoms with Gasteiger partial charge in [-0.3, -0.25) is 9.79 Å². The number of nitrogens with one attached hydrogen (secondary N) is 1. The van der Waals surface area contributed by atoms with Gasteiger partial charge in [-0.25, -0.2) is 0 Å². The third-order valence-corrected chi connectivity index (χ3v) is 4.24. The third-order valence-electron chi connectivity index (χ3n) is 4.24. The average Bonchev–Trinajstić information content (AvgIpc) is 2.65. The quantitative estimate of drug-likeness (QED) is 0.333. The highest BCUT2D eigenvalue weighted by atomic mass is 16.5. The van der Waals surface area contributed by atoms with Crippen LogP contribution in [0.2, 0.25) is 0 Å².